The number of ether oxygens (including phenoxy) is 1. The molecule has 0 atom stereocenters. The van der Waals surface area contributed by atoms with Crippen molar-refractivity contribution in [3.8, 4) is 0 Å². The van der Waals surface area contributed by atoms with Gasteiger partial charge in [0.05, 0.1) is 0 Å². The maximum atomic E-state index is 11.1. The van der Waals surface area contributed by atoms with Crippen LogP contribution < -0.4 is 0 Å². The highest BCUT2D eigenvalue weighted by Crippen LogP contribution is 2.04. The molecule has 0 aliphatic rings. The Morgan fingerprint density at radius 1 is 0.842 bits per heavy atom. The predicted molar refractivity (Wildman–Crippen MR) is 72.7 cm³/mol. The van der Waals surface area contributed by atoms with E-state index < -0.39 is 5.97 Å². The molecule has 0 aromatic heterocycles. The molecule has 0 saturated heterocycles. The van der Waals surface area contributed by atoms with Crippen molar-refractivity contribution in [3.05, 3.63) is 0 Å². The van der Waals surface area contributed by atoms with Gasteiger partial charge < -0.3 is 9.84 Å². The molecule has 19 heavy (non-hydrogen) atoms. The molecule has 0 amide bonds. The van der Waals surface area contributed by atoms with Crippen LogP contribution in [0.15, 0.2) is 0 Å². The molecule has 0 radical (unpaired) electrons. The summed E-state index contributed by atoms with van der Waals surface area (Å²) in [5.74, 6) is -1.57. The summed E-state index contributed by atoms with van der Waals surface area (Å²) in [6.45, 7) is 5.22. The first-order valence-corrected chi connectivity index (χ1v) is 6.87. The molecule has 0 aromatic rings. The average molecular weight is 274 g/mol. The van der Waals surface area contributed by atoms with Crippen molar-refractivity contribution in [2.75, 3.05) is 0 Å². The second-order valence-electron chi connectivity index (χ2n) is 4.28. The quantitative estimate of drug-likeness (QED) is 0.417. The monoisotopic (exact) mass is 274 g/mol. The van der Waals surface area contributed by atoms with E-state index in [2.05, 4.69) is 18.6 Å². The molecule has 0 rings (SSSR count). The molecule has 0 aliphatic carbocycles. The van der Waals surface area contributed by atoms with Crippen molar-refractivity contribution in [2.24, 2.45) is 0 Å². The number of hydrogen-bond acceptors (Lipinski definition) is 4. The van der Waals surface area contributed by atoms with Gasteiger partial charge >= 0.3 is 11.9 Å². The van der Waals surface area contributed by atoms with E-state index in [0.717, 1.165) is 45.4 Å². The molecule has 5 nitrogen and oxygen atoms in total. The van der Waals surface area contributed by atoms with Crippen molar-refractivity contribution in [2.45, 2.75) is 72.1 Å². The first-order valence-electron chi connectivity index (χ1n) is 6.87. The van der Waals surface area contributed by atoms with Crippen LogP contribution in [-0.2, 0) is 19.1 Å². The summed E-state index contributed by atoms with van der Waals surface area (Å²) in [5.41, 5.74) is 0. The summed E-state index contributed by atoms with van der Waals surface area (Å²) in [6, 6.07) is 0. The van der Waals surface area contributed by atoms with Gasteiger partial charge in [-0.2, -0.15) is 0 Å². The fraction of sp³-hybridized carbons (Fsp3) is 0.786. The van der Waals surface area contributed by atoms with Gasteiger partial charge in [0.15, 0.2) is 0 Å². The van der Waals surface area contributed by atoms with Crippen molar-refractivity contribution in [3.63, 3.8) is 0 Å². The molecular formula is C14H26O5. The number of esters is 2. The number of carboxylic acid groups (broad SMARTS) is 1. The van der Waals surface area contributed by atoms with Crippen LogP contribution in [0.5, 0.6) is 0 Å². The van der Waals surface area contributed by atoms with E-state index in [0.29, 0.717) is 12.8 Å². The molecule has 0 saturated carbocycles. The standard InChI is InChI=1S/C12H22O3.C2H4O2/c1-3-5-7-9-11(13)15-12(14)10-8-6-4-2;1-2(3)4/h3-10H2,1-2H3;1H3,(H,3,4). The number of unbranched alkanes of at least 4 members (excludes halogenated alkanes) is 4. The molecule has 0 aliphatic heterocycles. The Kier molecular flexibility index (Phi) is 15.4. The van der Waals surface area contributed by atoms with Crippen LogP contribution in [0.1, 0.15) is 72.1 Å². The lowest BCUT2D eigenvalue weighted by molar-refractivity contribution is -0.159. The predicted octanol–water partition coefficient (Wildman–Crippen LogP) is 3.31. The van der Waals surface area contributed by atoms with Gasteiger partial charge in [0.1, 0.15) is 0 Å². The second kappa shape index (κ2) is 14.7. The Morgan fingerprint density at radius 2 is 1.16 bits per heavy atom. The topological polar surface area (TPSA) is 80.7 Å². The number of aliphatic carboxylic acids is 1. The Hall–Kier alpha value is -1.39. The van der Waals surface area contributed by atoms with E-state index >= 15 is 0 Å². The molecule has 1 N–H and O–H groups in total. The van der Waals surface area contributed by atoms with E-state index in [1.165, 1.54) is 0 Å². The van der Waals surface area contributed by atoms with Gasteiger partial charge in [-0.25, -0.2) is 0 Å². The van der Waals surface area contributed by atoms with Gasteiger partial charge in [0, 0.05) is 19.8 Å². The van der Waals surface area contributed by atoms with Gasteiger partial charge in [-0.3, -0.25) is 14.4 Å². The lowest BCUT2D eigenvalue weighted by Crippen LogP contribution is -2.11. The lowest BCUT2D eigenvalue weighted by Gasteiger charge is -2.02. The first-order chi connectivity index (χ1) is 8.93. The van der Waals surface area contributed by atoms with Crippen LogP contribution in [0, 0.1) is 0 Å². The molecule has 0 heterocycles. The minimum atomic E-state index is -0.833. The summed E-state index contributed by atoms with van der Waals surface area (Å²) >= 11 is 0. The third kappa shape index (κ3) is 22.3. The molecule has 0 spiro atoms. The normalized spacial score (nSPS) is 9.21. The van der Waals surface area contributed by atoms with Crippen LogP contribution in [0.4, 0.5) is 0 Å². The van der Waals surface area contributed by atoms with Crippen LogP contribution in [0.3, 0.4) is 0 Å². The smallest absolute Gasteiger partial charge is 0.313 e. The van der Waals surface area contributed by atoms with Gasteiger partial charge in [0.2, 0.25) is 0 Å². The van der Waals surface area contributed by atoms with Crippen molar-refractivity contribution in [1.29, 1.82) is 0 Å². The Bertz CT molecular complexity index is 237. The van der Waals surface area contributed by atoms with E-state index in [1.807, 2.05) is 0 Å². The van der Waals surface area contributed by atoms with Crippen LogP contribution in [-0.4, -0.2) is 23.0 Å². The summed E-state index contributed by atoms with van der Waals surface area (Å²) in [4.78, 5) is 31.2. The van der Waals surface area contributed by atoms with Gasteiger partial charge in [0.25, 0.3) is 5.97 Å². The largest absolute Gasteiger partial charge is 0.481 e. The molecule has 0 aromatic carbocycles. The third-order valence-electron chi connectivity index (χ3n) is 2.20. The fourth-order valence-corrected chi connectivity index (χ4v) is 1.27. The zero-order chi connectivity index (χ0) is 15.1. The van der Waals surface area contributed by atoms with Crippen molar-refractivity contribution in [1.82, 2.24) is 0 Å². The molecule has 5 heteroatoms. The SMILES string of the molecule is CC(=O)O.CCCCCC(=O)OC(=O)CCCCC. The van der Waals surface area contributed by atoms with Gasteiger partial charge in [-0.05, 0) is 12.8 Å². The molecule has 0 fully saturated rings. The van der Waals surface area contributed by atoms with E-state index in [1.54, 1.807) is 0 Å². The maximum absolute atomic E-state index is 11.1. The van der Waals surface area contributed by atoms with E-state index in [-0.39, 0.29) is 11.9 Å². The number of carbonyl (C=O) groups excluding carboxylic acids is 2. The average Bonchev–Trinajstić information content (AvgIpc) is 2.29. The molecule has 0 bridgehead atoms. The summed E-state index contributed by atoms with van der Waals surface area (Å²) in [7, 11) is 0. The number of rotatable bonds is 8. The third-order valence-corrected chi connectivity index (χ3v) is 2.20. The second-order valence-corrected chi connectivity index (χ2v) is 4.28. The summed E-state index contributed by atoms with van der Waals surface area (Å²) in [6.07, 6.45) is 6.53. The van der Waals surface area contributed by atoms with Crippen LogP contribution in [0.2, 0.25) is 0 Å². The van der Waals surface area contributed by atoms with Crippen LogP contribution >= 0.6 is 0 Å². The zero-order valence-electron chi connectivity index (χ0n) is 12.2. The summed E-state index contributed by atoms with van der Waals surface area (Å²) in [5, 5.41) is 7.42. The number of carbonyl (C=O) groups is 3. The lowest BCUT2D eigenvalue weighted by atomic mass is 10.2. The molecule has 0 unspecified atom stereocenters. The maximum Gasteiger partial charge on any atom is 0.313 e. The Labute approximate surface area is 115 Å². The van der Waals surface area contributed by atoms with Crippen molar-refractivity contribution < 1.29 is 24.2 Å². The highest BCUT2D eigenvalue weighted by Gasteiger charge is 2.09. The fourth-order valence-electron chi connectivity index (χ4n) is 1.27. The zero-order valence-corrected chi connectivity index (χ0v) is 12.2. The summed E-state index contributed by atoms with van der Waals surface area (Å²) < 4.78 is 4.67. The van der Waals surface area contributed by atoms with Crippen molar-refractivity contribution >= 4 is 17.9 Å². The minimum Gasteiger partial charge on any atom is -0.481 e. The van der Waals surface area contributed by atoms with Gasteiger partial charge in [-0.15, -0.1) is 0 Å². The number of carboxylic acids is 1. The highest BCUT2D eigenvalue weighted by atomic mass is 16.6. The Morgan fingerprint density at radius 3 is 1.42 bits per heavy atom. The minimum absolute atomic E-state index is 0.368. The highest BCUT2D eigenvalue weighted by molar-refractivity contribution is 5.85. The molecular weight excluding hydrogens is 248 g/mol. The Balaban J connectivity index is 0. The molecule has 112 valence electrons. The van der Waals surface area contributed by atoms with Crippen LogP contribution in [0.25, 0.3) is 0 Å². The van der Waals surface area contributed by atoms with E-state index in [4.69, 9.17) is 9.90 Å². The van der Waals surface area contributed by atoms with E-state index in [9.17, 15) is 9.59 Å². The first kappa shape index (κ1) is 19.9. The van der Waals surface area contributed by atoms with Gasteiger partial charge in [-0.1, -0.05) is 39.5 Å². The number of hydrogen-bond donors (Lipinski definition) is 1.